The lowest BCUT2D eigenvalue weighted by atomic mass is 10.0. The summed E-state index contributed by atoms with van der Waals surface area (Å²) in [5.74, 6) is 0. The molecule has 5 heteroatoms. The van der Waals surface area contributed by atoms with Crippen LogP contribution < -0.4 is 10.6 Å². The van der Waals surface area contributed by atoms with Crippen LogP contribution >= 0.6 is 0 Å². The molecule has 1 aliphatic rings. The Morgan fingerprint density at radius 2 is 2.21 bits per heavy atom. The molecule has 0 spiro atoms. The van der Waals surface area contributed by atoms with Crippen molar-refractivity contribution >= 4 is 6.09 Å². The number of methoxy groups -OCH3 is 1. The largest absolute Gasteiger partial charge is 0.445 e. The fraction of sp³-hybridized carbons (Fsp3) is 0.500. The zero-order valence-corrected chi connectivity index (χ0v) is 11.1. The Labute approximate surface area is 113 Å². The summed E-state index contributed by atoms with van der Waals surface area (Å²) in [4.78, 5) is 11.7. The fourth-order valence-electron chi connectivity index (χ4n) is 2.16. The van der Waals surface area contributed by atoms with Gasteiger partial charge in [0.2, 0.25) is 0 Å². The Hall–Kier alpha value is -1.59. The Bertz CT molecular complexity index is 397. The van der Waals surface area contributed by atoms with Gasteiger partial charge < -0.3 is 20.1 Å². The van der Waals surface area contributed by atoms with Crippen LogP contribution in [-0.4, -0.2) is 38.4 Å². The summed E-state index contributed by atoms with van der Waals surface area (Å²) in [6.07, 6.45) is 0.453. The second kappa shape index (κ2) is 7.11. The zero-order chi connectivity index (χ0) is 13.5. The number of amides is 1. The van der Waals surface area contributed by atoms with Crippen LogP contribution in [0.4, 0.5) is 4.79 Å². The summed E-state index contributed by atoms with van der Waals surface area (Å²) < 4.78 is 10.5. The topological polar surface area (TPSA) is 59.6 Å². The van der Waals surface area contributed by atoms with E-state index in [1.807, 2.05) is 30.3 Å². The maximum absolute atomic E-state index is 11.7. The van der Waals surface area contributed by atoms with Crippen molar-refractivity contribution in [3.8, 4) is 0 Å². The summed E-state index contributed by atoms with van der Waals surface area (Å²) in [5, 5.41) is 6.09. The van der Waals surface area contributed by atoms with E-state index in [9.17, 15) is 4.79 Å². The molecular weight excluding hydrogens is 244 g/mol. The van der Waals surface area contributed by atoms with Crippen molar-refractivity contribution in [2.45, 2.75) is 25.2 Å². The minimum Gasteiger partial charge on any atom is -0.445 e. The van der Waals surface area contributed by atoms with Gasteiger partial charge in [-0.1, -0.05) is 30.3 Å². The van der Waals surface area contributed by atoms with Gasteiger partial charge in [-0.25, -0.2) is 4.79 Å². The van der Waals surface area contributed by atoms with E-state index in [4.69, 9.17) is 9.47 Å². The number of hydrogen-bond acceptors (Lipinski definition) is 4. The molecule has 1 heterocycles. The molecule has 1 aromatic rings. The molecule has 5 nitrogen and oxygen atoms in total. The van der Waals surface area contributed by atoms with Crippen molar-refractivity contribution in [3.63, 3.8) is 0 Å². The molecule has 0 aromatic heterocycles. The van der Waals surface area contributed by atoms with E-state index in [1.54, 1.807) is 7.11 Å². The lowest BCUT2D eigenvalue weighted by molar-refractivity contribution is 0.0473. The monoisotopic (exact) mass is 264 g/mol. The average Bonchev–Trinajstić information content (AvgIpc) is 2.47. The van der Waals surface area contributed by atoms with Crippen LogP contribution in [0.2, 0.25) is 0 Å². The Kier molecular flexibility index (Phi) is 5.18. The number of piperidine rings is 1. The highest BCUT2D eigenvalue weighted by Crippen LogP contribution is 2.08. The van der Waals surface area contributed by atoms with Crippen LogP contribution in [-0.2, 0) is 16.1 Å². The molecule has 1 fully saturated rings. The van der Waals surface area contributed by atoms with E-state index in [-0.39, 0.29) is 18.8 Å². The zero-order valence-electron chi connectivity index (χ0n) is 11.1. The second-order valence-electron chi connectivity index (χ2n) is 4.58. The van der Waals surface area contributed by atoms with Crippen molar-refractivity contribution in [2.75, 3.05) is 20.2 Å². The summed E-state index contributed by atoms with van der Waals surface area (Å²) in [7, 11) is 1.65. The van der Waals surface area contributed by atoms with E-state index in [2.05, 4.69) is 10.6 Å². The minimum absolute atomic E-state index is 0.00183. The Morgan fingerprint density at radius 3 is 2.95 bits per heavy atom. The molecule has 104 valence electrons. The lowest BCUT2D eigenvalue weighted by Crippen LogP contribution is -2.53. The van der Waals surface area contributed by atoms with Gasteiger partial charge in [-0.2, -0.15) is 0 Å². The summed E-state index contributed by atoms with van der Waals surface area (Å²) in [6.45, 7) is 1.92. The highest BCUT2D eigenvalue weighted by molar-refractivity contribution is 5.67. The predicted octanol–water partition coefficient (Wildman–Crippen LogP) is 1.29. The third-order valence-corrected chi connectivity index (χ3v) is 3.25. The number of carbonyl (C=O) groups excluding carboxylic acids is 1. The number of carbonyl (C=O) groups is 1. The van der Waals surface area contributed by atoms with Gasteiger partial charge in [0.15, 0.2) is 0 Å². The first-order chi connectivity index (χ1) is 9.29. The number of hydrogen-bond donors (Lipinski definition) is 2. The molecule has 2 unspecified atom stereocenters. The molecule has 0 radical (unpaired) electrons. The van der Waals surface area contributed by atoms with Crippen LogP contribution in [0.25, 0.3) is 0 Å². The van der Waals surface area contributed by atoms with Crippen LogP contribution in [0.3, 0.4) is 0 Å². The lowest BCUT2D eigenvalue weighted by Gasteiger charge is -2.31. The molecule has 0 aliphatic carbocycles. The quantitative estimate of drug-likeness (QED) is 0.860. The highest BCUT2D eigenvalue weighted by Gasteiger charge is 2.26. The molecule has 2 atom stereocenters. The molecule has 1 saturated heterocycles. The average molecular weight is 264 g/mol. The van der Waals surface area contributed by atoms with Gasteiger partial charge in [0, 0.05) is 13.7 Å². The molecule has 19 heavy (non-hydrogen) atoms. The van der Waals surface area contributed by atoms with Gasteiger partial charge >= 0.3 is 6.09 Å². The summed E-state index contributed by atoms with van der Waals surface area (Å²) in [5.41, 5.74) is 0.978. The third-order valence-electron chi connectivity index (χ3n) is 3.25. The number of rotatable bonds is 4. The Balaban J connectivity index is 1.77. The first kappa shape index (κ1) is 13.8. The Morgan fingerprint density at radius 1 is 1.42 bits per heavy atom. The van der Waals surface area contributed by atoms with Gasteiger partial charge in [-0.15, -0.1) is 0 Å². The molecule has 0 bridgehead atoms. The number of benzene rings is 1. The predicted molar refractivity (Wildman–Crippen MR) is 71.8 cm³/mol. The van der Waals surface area contributed by atoms with E-state index >= 15 is 0 Å². The molecule has 2 N–H and O–H groups in total. The van der Waals surface area contributed by atoms with E-state index < -0.39 is 6.09 Å². The van der Waals surface area contributed by atoms with E-state index in [1.165, 1.54) is 0 Å². The minimum atomic E-state index is -0.391. The molecule has 1 aliphatic heterocycles. The van der Waals surface area contributed by atoms with Crippen LogP contribution in [0.15, 0.2) is 30.3 Å². The van der Waals surface area contributed by atoms with Gasteiger partial charge in [0.1, 0.15) is 6.61 Å². The fourth-order valence-corrected chi connectivity index (χ4v) is 2.16. The maximum Gasteiger partial charge on any atom is 0.407 e. The molecular formula is C14H20N2O3. The molecule has 1 amide bonds. The SMILES string of the molecule is COC1CNCCC1NC(=O)OCc1ccccc1. The number of nitrogens with one attached hydrogen (secondary N) is 2. The normalized spacial score (nSPS) is 22.8. The van der Waals surface area contributed by atoms with Gasteiger partial charge in [-0.3, -0.25) is 0 Å². The van der Waals surface area contributed by atoms with E-state index in [0.717, 1.165) is 25.1 Å². The van der Waals surface area contributed by atoms with Crippen molar-refractivity contribution in [1.29, 1.82) is 0 Å². The molecule has 1 aromatic carbocycles. The van der Waals surface area contributed by atoms with Crippen molar-refractivity contribution in [1.82, 2.24) is 10.6 Å². The van der Waals surface area contributed by atoms with Gasteiger partial charge in [0.05, 0.1) is 12.1 Å². The first-order valence-electron chi connectivity index (χ1n) is 6.50. The number of alkyl carbamates (subject to hydrolysis) is 1. The van der Waals surface area contributed by atoms with E-state index in [0.29, 0.717) is 0 Å². The smallest absolute Gasteiger partial charge is 0.407 e. The standard InChI is InChI=1S/C14H20N2O3/c1-18-13-9-15-8-7-12(13)16-14(17)19-10-11-5-3-2-4-6-11/h2-6,12-13,15H,7-10H2,1H3,(H,16,17). The summed E-state index contributed by atoms with van der Waals surface area (Å²) >= 11 is 0. The number of ether oxygens (including phenoxy) is 2. The van der Waals surface area contributed by atoms with Gasteiger partial charge in [-0.05, 0) is 18.5 Å². The molecule has 0 saturated carbocycles. The third kappa shape index (κ3) is 4.22. The second-order valence-corrected chi connectivity index (χ2v) is 4.58. The van der Waals surface area contributed by atoms with Crippen molar-refractivity contribution in [3.05, 3.63) is 35.9 Å². The van der Waals surface area contributed by atoms with Gasteiger partial charge in [0.25, 0.3) is 0 Å². The first-order valence-corrected chi connectivity index (χ1v) is 6.50. The highest BCUT2D eigenvalue weighted by atomic mass is 16.5. The molecule has 2 rings (SSSR count). The van der Waals surface area contributed by atoms with Crippen LogP contribution in [0.5, 0.6) is 0 Å². The van der Waals surface area contributed by atoms with Crippen molar-refractivity contribution < 1.29 is 14.3 Å². The van der Waals surface area contributed by atoms with Crippen LogP contribution in [0.1, 0.15) is 12.0 Å². The van der Waals surface area contributed by atoms with Crippen molar-refractivity contribution in [2.24, 2.45) is 0 Å². The maximum atomic E-state index is 11.7. The summed E-state index contributed by atoms with van der Waals surface area (Å²) in [6, 6.07) is 9.64. The van der Waals surface area contributed by atoms with Crippen LogP contribution in [0, 0.1) is 0 Å².